The average molecular weight is 566 g/mol. The van der Waals surface area contributed by atoms with Crippen molar-refractivity contribution < 1.29 is 28.9 Å². The summed E-state index contributed by atoms with van der Waals surface area (Å²) in [6.07, 6.45) is 0.173. The molecule has 11 nitrogen and oxygen atoms in total. The Hall–Kier alpha value is -4.51. The number of anilines is 1. The first-order valence-corrected chi connectivity index (χ1v) is 12.8. The van der Waals surface area contributed by atoms with Gasteiger partial charge in [-0.25, -0.2) is 4.79 Å². The summed E-state index contributed by atoms with van der Waals surface area (Å²) in [4.78, 5) is 56.9. The number of carbonyl (C=O) groups excluding carboxylic acids is 2. The molecule has 1 unspecified atom stereocenters. The van der Waals surface area contributed by atoms with E-state index in [1.165, 1.54) is 44.0 Å². The van der Waals surface area contributed by atoms with Gasteiger partial charge in [0.25, 0.3) is 5.56 Å². The Balaban J connectivity index is 1.60. The Bertz CT molecular complexity index is 1790. The van der Waals surface area contributed by atoms with Crippen LogP contribution in [0.15, 0.2) is 51.2 Å². The van der Waals surface area contributed by atoms with E-state index in [2.05, 4.69) is 10.3 Å². The number of ether oxygens (including phenoxy) is 3. The number of H-pyrrole nitrogens is 1. The van der Waals surface area contributed by atoms with Gasteiger partial charge in [-0.3, -0.25) is 23.9 Å². The molecule has 0 saturated heterocycles. The van der Waals surface area contributed by atoms with Crippen molar-refractivity contribution in [3.63, 3.8) is 0 Å². The molecule has 6 rings (SSSR count). The lowest BCUT2D eigenvalue weighted by Crippen LogP contribution is -2.58. The summed E-state index contributed by atoms with van der Waals surface area (Å²) >= 11 is 6.55. The minimum absolute atomic E-state index is 0.0121. The molecule has 206 valence electrons. The van der Waals surface area contributed by atoms with E-state index in [0.29, 0.717) is 11.3 Å². The predicted molar refractivity (Wildman–Crippen MR) is 144 cm³/mol. The number of aromatic hydroxyl groups is 1. The number of ketones is 2. The topological polar surface area (TPSA) is 149 Å². The highest BCUT2D eigenvalue weighted by molar-refractivity contribution is 6.36. The normalized spacial score (nSPS) is 22.8. The molecule has 1 spiro atoms. The first-order chi connectivity index (χ1) is 19.0. The van der Waals surface area contributed by atoms with Gasteiger partial charge in [0.05, 0.1) is 19.8 Å². The maximum atomic E-state index is 14.7. The number of nitrogens with one attached hydrogen (secondary N) is 2. The number of allylic oxidation sites excluding steroid dienone is 1. The van der Waals surface area contributed by atoms with E-state index >= 15 is 0 Å². The van der Waals surface area contributed by atoms with Gasteiger partial charge in [-0.1, -0.05) is 30.7 Å². The highest BCUT2D eigenvalue weighted by Gasteiger charge is 2.63. The molecule has 3 aromatic rings. The number of nitrogens with zero attached hydrogens (tertiary/aromatic N) is 1. The fraction of sp³-hybridized carbons (Fsp3) is 0.286. The number of aromatic amines is 1. The van der Waals surface area contributed by atoms with Crippen molar-refractivity contribution in [3.8, 4) is 23.0 Å². The van der Waals surface area contributed by atoms with Gasteiger partial charge in [-0.2, -0.15) is 0 Å². The van der Waals surface area contributed by atoms with Crippen molar-refractivity contribution >= 4 is 29.0 Å². The second-order valence-electron chi connectivity index (χ2n) is 10.0. The Morgan fingerprint density at radius 3 is 2.40 bits per heavy atom. The third kappa shape index (κ3) is 3.24. The van der Waals surface area contributed by atoms with Crippen molar-refractivity contribution in [1.82, 2.24) is 9.55 Å². The number of phenolic OH excluding ortho intramolecular Hbond substituents is 1. The molecule has 3 aliphatic rings. The van der Waals surface area contributed by atoms with Crippen LogP contribution >= 0.6 is 11.6 Å². The second kappa shape index (κ2) is 8.75. The lowest BCUT2D eigenvalue weighted by Gasteiger charge is -2.42. The summed E-state index contributed by atoms with van der Waals surface area (Å²) in [6.45, 7) is 1.71. The van der Waals surface area contributed by atoms with Crippen LogP contribution in [0.25, 0.3) is 0 Å². The predicted octanol–water partition coefficient (Wildman–Crippen LogP) is 2.88. The molecule has 0 amide bonds. The number of hydrogen-bond donors (Lipinski definition) is 3. The van der Waals surface area contributed by atoms with Crippen molar-refractivity contribution in [1.29, 1.82) is 0 Å². The zero-order valence-electron chi connectivity index (χ0n) is 21.9. The third-order valence-electron chi connectivity index (χ3n) is 7.96. The molecule has 1 aromatic heterocycles. The average Bonchev–Trinajstić information content (AvgIpc) is 3.25. The number of Topliss-reactive ketones (excluding diaryl/α,β-unsaturated/α-hetero) is 2. The quantitative estimate of drug-likeness (QED) is 0.407. The highest BCUT2D eigenvalue weighted by atomic mass is 35.5. The van der Waals surface area contributed by atoms with Crippen LogP contribution in [0.5, 0.6) is 23.0 Å². The molecular formula is C28H24ClN3O8. The minimum Gasteiger partial charge on any atom is -0.508 e. The maximum absolute atomic E-state index is 14.7. The molecule has 1 aliphatic carbocycles. The summed E-state index contributed by atoms with van der Waals surface area (Å²) < 4.78 is 18.3. The molecule has 3 N–H and O–H groups in total. The zero-order chi connectivity index (χ0) is 28.7. The van der Waals surface area contributed by atoms with Crippen LogP contribution in [0.3, 0.4) is 0 Å². The third-order valence-corrected chi connectivity index (χ3v) is 8.32. The maximum Gasteiger partial charge on any atom is 0.329 e. The second-order valence-corrected chi connectivity index (χ2v) is 10.4. The van der Waals surface area contributed by atoms with Gasteiger partial charge in [0.15, 0.2) is 5.75 Å². The Morgan fingerprint density at radius 2 is 1.75 bits per heavy atom. The van der Waals surface area contributed by atoms with Gasteiger partial charge < -0.3 is 24.6 Å². The molecule has 40 heavy (non-hydrogen) atoms. The molecule has 3 atom stereocenters. The van der Waals surface area contributed by atoms with Crippen LogP contribution in [0.1, 0.15) is 40.7 Å². The van der Waals surface area contributed by atoms with Crippen molar-refractivity contribution in [3.05, 3.63) is 84.2 Å². The molecule has 0 bridgehead atoms. The van der Waals surface area contributed by atoms with Crippen molar-refractivity contribution in [2.45, 2.75) is 24.9 Å². The number of rotatable bonds is 3. The van der Waals surface area contributed by atoms with Gasteiger partial charge >= 0.3 is 5.69 Å². The molecule has 0 fully saturated rings. The van der Waals surface area contributed by atoms with E-state index in [1.807, 2.05) is 0 Å². The summed E-state index contributed by atoms with van der Waals surface area (Å²) in [5.74, 6) is -2.36. The summed E-state index contributed by atoms with van der Waals surface area (Å²) in [5, 5.41) is 13.1. The number of halogens is 1. The monoisotopic (exact) mass is 565 g/mol. The SMILES string of the molecule is COc1cc(OC)c2c(c1Cl)O[C@@]1(C(=O)C3=C(C[C@H]1C)Nc1c(c(=O)[nH]c(=O)n1C)C3c1ccc(O)cc1)C2=O. The molecule has 0 radical (unpaired) electrons. The molecular weight excluding hydrogens is 542 g/mol. The zero-order valence-corrected chi connectivity index (χ0v) is 22.6. The van der Waals surface area contributed by atoms with Crippen molar-refractivity contribution in [2.75, 3.05) is 19.5 Å². The number of aromatic nitrogens is 2. The van der Waals surface area contributed by atoms with E-state index in [-0.39, 0.29) is 57.0 Å². The van der Waals surface area contributed by atoms with Crippen molar-refractivity contribution in [2.24, 2.45) is 13.0 Å². The first kappa shape index (κ1) is 25.8. The van der Waals surface area contributed by atoms with Gasteiger partial charge in [0, 0.05) is 36.2 Å². The summed E-state index contributed by atoms with van der Waals surface area (Å²) in [5.41, 5.74) is -2.07. The highest BCUT2D eigenvalue weighted by Crippen LogP contribution is 2.56. The van der Waals surface area contributed by atoms with E-state index in [0.717, 1.165) is 0 Å². The summed E-state index contributed by atoms with van der Waals surface area (Å²) in [7, 11) is 4.29. The first-order valence-electron chi connectivity index (χ1n) is 12.4. The molecule has 3 heterocycles. The fourth-order valence-corrected chi connectivity index (χ4v) is 6.23. The van der Waals surface area contributed by atoms with Crippen LogP contribution < -0.4 is 30.8 Å². The van der Waals surface area contributed by atoms with Crippen LogP contribution in [-0.4, -0.2) is 46.0 Å². The lowest BCUT2D eigenvalue weighted by molar-refractivity contribution is -0.130. The van der Waals surface area contributed by atoms with Gasteiger partial charge in [0.1, 0.15) is 33.7 Å². The van der Waals surface area contributed by atoms with Gasteiger partial charge in [-0.05, 0) is 24.1 Å². The molecule has 2 aliphatic heterocycles. The largest absolute Gasteiger partial charge is 0.508 e. The van der Waals surface area contributed by atoms with Gasteiger partial charge in [0.2, 0.25) is 17.2 Å². The molecule has 12 heteroatoms. The number of carbonyl (C=O) groups is 2. The Labute approximate surface area is 232 Å². The van der Waals surface area contributed by atoms with E-state index in [4.69, 9.17) is 25.8 Å². The van der Waals surface area contributed by atoms with Crippen LogP contribution in [0.2, 0.25) is 5.02 Å². The molecule has 2 aromatic carbocycles. The van der Waals surface area contributed by atoms with E-state index in [9.17, 15) is 24.3 Å². The Morgan fingerprint density at radius 1 is 1.07 bits per heavy atom. The number of phenols is 1. The van der Waals surface area contributed by atoms with Gasteiger partial charge in [-0.15, -0.1) is 0 Å². The standard InChI is InChI=1S/C28H24ClN3O8/c1-11-9-14-18(23(34)28(11)24(35)19-15(38-3)10-16(39-4)21(29)22(19)40-28)17(12-5-7-13(33)8-6-12)20-25(30-14)32(2)27(37)31-26(20)36/h5-8,10-11,17,30,33H,9H2,1-4H3,(H,31,36,37)/t11-,17?,28+/m1/s1. The Kier molecular flexibility index (Phi) is 5.63. The number of hydrogen-bond acceptors (Lipinski definition) is 9. The molecule has 0 saturated carbocycles. The van der Waals surface area contributed by atoms with Crippen LogP contribution in [0.4, 0.5) is 5.82 Å². The minimum atomic E-state index is -1.99. The van der Waals surface area contributed by atoms with E-state index < -0.39 is 40.3 Å². The number of benzene rings is 2. The van der Waals surface area contributed by atoms with E-state index in [1.54, 1.807) is 19.1 Å². The number of fused-ring (bicyclic) bond motifs is 2. The fourth-order valence-electron chi connectivity index (χ4n) is 5.96. The lowest BCUT2D eigenvalue weighted by atomic mass is 9.66. The number of methoxy groups -OCH3 is 2. The summed E-state index contributed by atoms with van der Waals surface area (Å²) in [6, 6.07) is 7.49. The van der Waals surface area contributed by atoms with Crippen LogP contribution in [-0.2, 0) is 11.8 Å². The van der Waals surface area contributed by atoms with Crippen LogP contribution in [0, 0.1) is 5.92 Å². The smallest absolute Gasteiger partial charge is 0.329 e.